The first-order chi connectivity index (χ1) is 13.2. The lowest BCUT2D eigenvalue weighted by Gasteiger charge is -2.24. The summed E-state index contributed by atoms with van der Waals surface area (Å²) in [6.07, 6.45) is 0. The molecule has 0 saturated carbocycles. The van der Waals surface area contributed by atoms with Crippen LogP contribution in [-0.4, -0.2) is 44.7 Å². The van der Waals surface area contributed by atoms with E-state index in [-0.39, 0.29) is 18.4 Å². The van der Waals surface area contributed by atoms with Gasteiger partial charge >= 0.3 is 0 Å². The highest BCUT2D eigenvalue weighted by atomic mass is 16.5. The van der Waals surface area contributed by atoms with Crippen LogP contribution < -0.4 is 15.5 Å². The Bertz CT molecular complexity index is 758. The maximum absolute atomic E-state index is 12.1. The van der Waals surface area contributed by atoms with E-state index in [1.807, 2.05) is 24.3 Å². The lowest BCUT2D eigenvalue weighted by Crippen LogP contribution is -3.12. The van der Waals surface area contributed by atoms with Gasteiger partial charge in [-0.25, -0.2) is 0 Å². The first-order valence-corrected chi connectivity index (χ1v) is 9.30. The van der Waals surface area contributed by atoms with Gasteiger partial charge in [0.15, 0.2) is 0 Å². The average Bonchev–Trinajstić information content (AvgIpc) is 2.73. The fourth-order valence-corrected chi connectivity index (χ4v) is 3.12. The number of benzene rings is 2. The van der Waals surface area contributed by atoms with Crippen LogP contribution in [0.5, 0.6) is 0 Å². The van der Waals surface area contributed by atoms with Gasteiger partial charge in [0, 0.05) is 17.7 Å². The van der Waals surface area contributed by atoms with Gasteiger partial charge in [-0.2, -0.15) is 0 Å². The number of carbonyl (C=O) groups is 2. The number of amides is 2. The standard InChI is InChI=1S/C21H25N3O3/c25-20(15-23-21(26)17-6-2-1-3-7-17)22-14-18-8-4-5-9-19(18)16-24-10-12-27-13-11-24/h1-9H,10-16H2,(H,22,25)(H,23,26)/p+1. The molecule has 6 nitrogen and oxygen atoms in total. The number of morpholine rings is 1. The maximum atomic E-state index is 12.1. The molecule has 1 fully saturated rings. The molecule has 0 atom stereocenters. The van der Waals surface area contributed by atoms with Crippen molar-refractivity contribution in [2.45, 2.75) is 13.1 Å². The van der Waals surface area contributed by atoms with Gasteiger partial charge in [-0.05, 0) is 17.7 Å². The predicted octanol–water partition coefficient (Wildman–Crippen LogP) is 0.148. The van der Waals surface area contributed by atoms with Crippen LogP contribution >= 0.6 is 0 Å². The van der Waals surface area contributed by atoms with Crippen LogP contribution in [0.3, 0.4) is 0 Å². The van der Waals surface area contributed by atoms with Crippen LogP contribution in [0.1, 0.15) is 21.5 Å². The highest BCUT2D eigenvalue weighted by Crippen LogP contribution is 2.07. The second-order valence-electron chi connectivity index (χ2n) is 6.63. The molecule has 1 aliphatic heterocycles. The average molecular weight is 368 g/mol. The van der Waals surface area contributed by atoms with Crippen molar-refractivity contribution in [2.24, 2.45) is 0 Å². The zero-order chi connectivity index (χ0) is 18.9. The van der Waals surface area contributed by atoms with Crippen molar-refractivity contribution in [1.82, 2.24) is 10.6 Å². The molecule has 1 heterocycles. The van der Waals surface area contributed by atoms with Crippen LogP contribution in [0.25, 0.3) is 0 Å². The van der Waals surface area contributed by atoms with E-state index in [1.165, 1.54) is 10.5 Å². The van der Waals surface area contributed by atoms with Crippen molar-refractivity contribution in [3.63, 3.8) is 0 Å². The SMILES string of the molecule is O=C(CNC(=O)c1ccccc1)NCc1ccccc1C[NH+]1CCOCC1. The summed E-state index contributed by atoms with van der Waals surface area (Å²) >= 11 is 0. The van der Waals surface area contributed by atoms with Gasteiger partial charge in [0.2, 0.25) is 5.91 Å². The molecule has 0 radical (unpaired) electrons. The van der Waals surface area contributed by atoms with Crippen molar-refractivity contribution in [3.05, 3.63) is 71.3 Å². The number of rotatable bonds is 7. The third-order valence-corrected chi connectivity index (χ3v) is 4.68. The predicted molar refractivity (Wildman–Crippen MR) is 102 cm³/mol. The minimum Gasteiger partial charge on any atom is -0.370 e. The van der Waals surface area contributed by atoms with Gasteiger partial charge in [-0.15, -0.1) is 0 Å². The zero-order valence-corrected chi connectivity index (χ0v) is 15.4. The summed E-state index contributed by atoms with van der Waals surface area (Å²) < 4.78 is 5.41. The largest absolute Gasteiger partial charge is 0.370 e. The first kappa shape index (κ1) is 19.1. The fourth-order valence-electron chi connectivity index (χ4n) is 3.12. The highest BCUT2D eigenvalue weighted by molar-refractivity contribution is 5.96. The first-order valence-electron chi connectivity index (χ1n) is 9.30. The number of hydrogen-bond acceptors (Lipinski definition) is 3. The molecule has 3 N–H and O–H groups in total. The minimum atomic E-state index is -0.248. The van der Waals surface area contributed by atoms with Crippen LogP contribution in [0, 0.1) is 0 Å². The van der Waals surface area contributed by atoms with Crippen LogP contribution in [0.4, 0.5) is 0 Å². The van der Waals surface area contributed by atoms with Crippen LogP contribution in [0.15, 0.2) is 54.6 Å². The van der Waals surface area contributed by atoms with Crippen molar-refractivity contribution in [2.75, 3.05) is 32.8 Å². The molecule has 3 rings (SSSR count). The fraction of sp³-hybridized carbons (Fsp3) is 0.333. The van der Waals surface area contributed by atoms with Gasteiger partial charge < -0.3 is 20.3 Å². The number of carbonyl (C=O) groups excluding carboxylic acids is 2. The lowest BCUT2D eigenvalue weighted by molar-refractivity contribution is -0.921. The van der Waals surface area contributed by atoms with Gasteiger partial charge in [0.25, 0.3) is 5.91 Å². The number of hydrogen-bond donors (Lipinski definition) is 3. The smallest absolute Gasteiger partial charge is 0.251 e. The van der Waals surface area contributed by atoms with Crippen molar-refractivity contribution >= 4 is 11.8 Å². The van der Waals surface area contributed by atoms with Crippen molar-refractivity contribution in [1.29, 1.82) is 0 Å². The van der Waals surface area contributed by atoms with Crippen LogP contribution in [0.2, 0.25) is 0 Å². The molecule has 0 aromatic heterocycles. The molecule has 0 bridgehead atoms. The summed E-state index contributed by atoms with van der Waals surface area (Å²) in [5.74, 6) is -0.449. The summed E-state index contributed by atoms with van der Waals surface area (Å²) in [7, 11) is 0. The molecule has 0 unspecified atom stereocenters. The molecule has 2 aromatic rings. The monoisotopic (exact) mass is 368 g/mol. The molecule has 142 valence electrons. The Morgan fingerprint density at radius 2 is 1.56 bits per heavy atom. The summed E-state index contributed by atoms with van der Waals surface area (Å²) in [5.41, 5.74) is 2.89. The Morgan fingerprint density at radius 3 is 2.30 bits per heavy atom. The molecule has 2 amide bonds. The third-order valence-electron chi connectivity index (χ3n) is 4.68. The number of quaternary nitrogens is 1. The normalized spacial score (nSPS) is 14.5. The van der Waals surface area contributed by atoms with Gasteiger partial charge in [0.1, 0.15) is 19.6 Å². The van der Waals surface area contributed by atoms with Crippen molar-refractivity contribution in [3.8, 4) is 0 Å². The Balaban J connectivity index is 1.48. The topological polar surface area (TPSA) is 71.9 Å². The molecular formula is C21H26N3O3+. The highest BCUT2D eigenvalue weighted by Gasteiger charge is 2.16. The van der Waals surface area contributed by atoms with E-state index in [4.69, 9.17) is 4.74 Å². The van der Waals surface area contributed by atoms with Crippen molar-refractivity contribution < 1.29 is 19.2 Å². The minimum absolute atomic E-state index is 0.0371. The summed E-state index contributed by atoms with van der Waals surface area (Å²) in [6.45, 7) is 4.97. The molecule has 1 aliphatic rings. The lowest BCUT2D eigenvalue weighted by atomic mass is 10.1. The van der Waals surface area contributed by atoms with E-state index in [9.17, 15) is 9.59 Å². The zero-order valence-electron chi connectivity index (χ0n) is 15.4. The number of nitrogens with one attached hydrogen (secondary N) is 3. The maximum Gasteiger partial charge on any atom is 0.251 e. The molecule has 1 saturated heterocycles. The Kier molecular flexibility index (Phi) is 6.96. The molecule has 6 heteroatoms. The van der Waals surface area contributed by atoms with E-state index in [1.54, 1.807) is 24.3 Å². The van der Waals surface area contributed by atoms with E-state index in [0.717, 1.165) is 38.4 Å². The van der Waals surface area contributed by atoms with Gasteiger partial charge in [-0.3, -0.25) is 9.59 Å². The summed E-state index contributed by atoms with van der Waals surface area (Å²) in [4.78, 5) is 25.6. The van der Waals surface area contributed by atoms with Gasteiger partial charge in [0.05, 0.1) is 19.8 Å². The third kappa shape index (κ3) is 5.91. The quantitative estimate of drug-likeness (QED) is 0.651. The number of ether oxygens (including phenoxy) is 1. The van der Waals surface area contributed by atoms with E-state index in [0.29, 0.717) is 12.1 Å². The van der Waals surface area contributed by atoms with Crippen LogP contribution in [-0.2, 0) is 22.6 Å². The van der Waals surface area contributed by atoms with E-state index < -0.39 is 0 Å². The Labute approximate surface area is 159 Å². The second kappa shape index (κ2) is 9.85. The summed E-state index contributed by atoms with van der Waals surface area (Å²) in [6, 6.07) is 17.0. The molecule has 2 aromatic carbocycles. The summed E-state index contributed by atoms with van der Waals surface area (Å²) in [5, 5.41) is 5.54. The Hall–Kier alpha value is -2.70. The van der Waals surface area contributed by atoms with E-state index >= 15 is 0 Å². The molecule has 27 heavy (non-hydrogen) atoms. The van der Waals surface area contributed by atoms with E-state index in [2.05, 4.69) is 16.7 Å². The molecule has 0 spiro atoms. The molecular weight excluding hydrogens is 342 g/mol. The second-order valence-corrected chi connectivity index (χ2v) is 6.63. The van der Waals surface area contributed by atoms with Gasteiger partial charge in [-0.1, -0.05) is 42.5 Å². The molecule has 0 aliphatic carbocycles. The Morgan fingerprint density at radius 1 is 0.889 bits per heavy atom.